The number of benzene rings is 1. The summed E-state index contributed by atoms with van der Waals surface area (Å²) in [5.41, 5.74) is 5.84. The molecule has 1 aliphatic rings. The van der Waals surface area contributed by atoms with Gasteiger partial charge in [0.25, 0.3) is 0 Å². The smallest absolute Gasteiger partial charge is 0.116 e. The number of rotatable bonds is 2. The zero-order chi connectivity index (χ0) is 13.2. The molecule has 98 valence electrons. The van der Waals surface area contributed by atoms with Gasteiger partial charge in [0.2, 0.25) is 0 Å². The third-order valence-corrected chi connectivity index (χ3v) is 3.53. The predicted octanol–water partition coefficient (Wildman–Crippen LogP) is 1.86. The molecule has 0 fully saturated rings. The Kier molecular flexibility index (Phi) is 3.17. The molecule has 19 heavy (non-hydrogen) atoms. The molecule has 1 aliphatic heterocycles. The second-order valence-electron chi connectivity index (χ2n) is 5.02. The van der Waals surface area contributed by atoms with Crippen molar-refractivity contribution in [1.82, 2.24) is 15.3 Å². The van der Waals surface area contributed by atoms with Crippen LogP contribution in [0.3, 0.4) is 0 Å². The average Bonchev–Trinajstić information content (AvgIpc) is 2.47. The van der Waals surface area contributed by atoms with Gasteiger partial charge in [-0.25, -0.2) is 9.97 Å². The normalized spacial score (nSPS) is 14.0. The van der Waals surface area contributed by atoms with Gasteiger partial charge >= 0.3 is 0 Å². The molecule has 4 nitrogen and oxygen atoms in total. The monoisotopic (exact) mass is 254 g/mol. The Hall–Kier alpha value is -1.94. The lowest BCUT2D eigenvalue weighted by Gasteiger charge is -2.19. The van der Waals surface area contributed by atoms with E-state index in [0.717, 1.165) is 30.8 Å². The minimum Gasteiger partial charge on any atom is -0.378 e. The molecule has 1 aromatic carbocycles. The Labute approximate surface area is 113 Å². The second kappa shape index (κ2) is 4.97. The van der Waals surface area contributed by atoms with Gasteiger partial charge in [-0.1, -0.05) is 12.1 Å². The highest BCUT2D eigenvalue weighted by Gasteiger charge is 2.15. The van der Waals surface area contributed by atoms with E-state index in [0.29, 0.717) is 0 Å². The van der Waals surface area contributed by atoms with E-state index in [1.165, 1.54) is 16.9 Å². The summed E-state index contributed by atoms with van der Waals surface area (Å²) in [5.74, 6) is 0. The van der Waals surface area contributed by atoms with Crippen LogP contribution < -0.4 is 10.2 Å². The van der Waals surface area contributed by atoms with E-state index in [2.05, 4.69) is 44.5 Å². The Balaban J connectivity index is 2.02. The van der Waals surface area contributed by atoms with Crippen LogP contribution in [-0.2, 0) is 13.0 Å². The molecule has 0 saturated carbocycles. The number of anilines is 1. The first kappa shape index (κ1) is 12.1. The number of nitrogens with one attached hydrogen (secondary N) is 1. The quantitative estimate of drug-likeness (QED) is 0.888. The maximum absolute atomic E-state index is 4.47. The molecule has 0 saturated heterocycles. The first-order valence-corrected chi connectivity index (χ1v) is 6.57. The van der Waals surface area contributed by atoms with Gasteiger partial charge in [-0.15, -0.1) is 0 Å². The van der Waals surface area contributed by atoms with Crippen molar-refractivity contribution in [3.63, 3.8) is 0 Å². The number of hydrogen-bond acceptors (Lipinski definition) is 4. The summed E-state index contributed by atoms with van der Waals surface area (Å²) < 4.78 is 0. The molecular formula is C15H18N4. The molecule has 0 bridgehead atoms. The Morgan fingerprint density at radius 3 is 2.63 bits per heavy atom. The molecule has 0 unspecified atom stereocenters. The van der Waals surface area contributed by atoms with E-state index >= 15 is 0 Å². The molecule has 1 N–H and O–H groups in total. The van der Waals surface area contributed by atoms with Crippen molar-refractivity contribution in [2.45, 2.75) is 13.0 Å². The number of hydrogen-bond donors (Lipinski definition) is 1. The standard InChI is InChI=1S/C15H18N4/c1-19(2)12-5-3-11(4-6-12)15-13-9-16-8-7-14(13)17-10-18-15/h3-6,10,16H,7-9H2,1-2H3. The van der Waals surface area contributed by atoms with E-state index in [-0.39, 0.29) is 0 Å². The molecule has 2 heterocycles. The van der Waals surface area contributed by atoms with Crippen LogP contribution in [0.4, 0.5) is 5.69 Å². The molecule has 0 aliphatic carbocycles. The predicted molar refractivity (Wildman–Crippen MR) is 77.2 cm³/mol. The second-order valence-corrected chi connectivity index (χ2v) is 5.02. The van der Waals surface area contributed by atoms with Crippen molar-refractivity contribution in [1.29, 1.82) is 0 Å². The number of nitrogens with zero attached hydrogens (tertiary/aromatic N) is 3. The lowest BCUT2D eigenvalue weighted by Crippen LogP contribution is -2.25. The molecular weight excluding hydrogens is 236 g/mol. The summed E-state index contributed by atoms with van der Waals surface area (Å²) >= 11 is 0. The molecule has 0 radical (unpaired) electrons. The van der Waals surface area contributed by atoms with Gasteiger partial charge in [-0.05, 0) is 12.1 Å². The zero-order valence-corrected chi connectivity index (χ0v) is 11.3. The molecule has 0 spiro atoms. The van der Waals surface area contributed by atoms with Crippen LogP contribution in [-0.4, -0.2) is 30.6 Å². The Morgan fingerprint density at radius 2 is 1.89 bits per heavy atom. The maximum Gasteiger partial charge on any atom is 0.116 e. The highest BCUT2D eigenvalue weighted by atomic mass is 15.1. The third-order valence-electron chi connectivity index (χ3n) is 3.53. The van der Waals surface area contributed by atoms with E-state index in [9.17, 15) is 0 Å². The van der Waals surface area contributed by atoms with Crippen LogP contribution in [0.2, 0.25) is 0 Å². The first-order chi connectivity index (χ1) is 9.25. The van der Waals surface area contributed by atoms with Crippen LogP contribution in [0, 0.1) is 0 Å². The van der Waals surface area contributed by atoms with Crippen LogP contribution in [0.1, 0.15) is 11.3 Å². The lowest BCUT2D eigenvalue weighted by atomic mass is 10.0. The van der Waals surface area contributed by atoms with Crippen LogP contribution >= 0.6 is 0 Å². The van der Waals surface area contributed by atoms with Gasteiger partial charge in [-0.3, -0.25) is 0 Å². The summed E-state index contributed by atoms with van der Waals surface area (Å²) in [6, 6.07) is 8.51. The summed E-state index contributed by atoms with van der Waals surface area (Å²) in [6.45, 7) is 1.87. The molecule has 3 rings (SSSR count). The van der Waals surface area contributed by atoms with Crippen molar-refractivity contribution in [2.75, 3.05) is 25.5 Å². The number of aromatic nitrogens is 2. The van der Waals surface area contributed by atoms with Crippen LogP contribution in [0.5, 0.6) is 0 Å². The van der Waals surface area contributed by atoms with Crippen molar-refractivity contribution in [3.05, 3.63) is 41.9 Å². The van der Waals surface area contributed by atoms with Crippen molar-refractivity contribution in [2.24, 2.45) is 0 Å². The van der Waals surface area contributed by atoms with Gasteiger partial charge < -0.3 is 10.2 Å². The topological polar surface area (TPSA) is 41.1 Å². The average molecular weight is 254 g/mol. The van der Waals surface area contributed by atoms with Crippen LogP contribution in [0.25, 0.3) is 11.3 Å². The van der Waals surface area contributed by atoms with E-state index in [1.807, 2.05) is 14.1 Å². The minimum atomic E-state index is 0.862. The Morgan fingerprint density at radius 1 is 1.11 bits per heavy atom. The first-order valence-electron chi connectivity index (χ1n) is 6.57. The molecule has 4 heteroatoms. The van der Waals surface area contributed by atoms with Crippen LogP contribution in [0.15, 0.2) is 30.6 Å². The Bertz CT molecular complexity index is 575. The summed E-state index contributed by atoms with van der Waals surface area (Å²) in [7, 11) is 4.09. The maximum atomic E-state index is 4.47. The number of fused-ring (bicyclic) bond motifs is 1. The zero-order valence-electron chi connectivity index (χ0n) is 11.3. The largest absolute Gasteiger partial charge is 0.378 e. The summed E-state index contributed by atoms with van der Waals surface area (Å²) in [5, 5.41) is 3.39. The molecule has 1 aromatic heterocycles. The van der Waals surface area contributed by atoms with Crippen molar-refractivity contribution < 1.29 is 0 Å². The third kappa shape index (κ3) is 2.31. The lowest BCUT2D eigenvalue weighted by molar-refractivity contribution is 0.627. The molecule has 2 aromatic rings. The summed E-state index contributed by atoms with van der Waals surface area (Å²) in [4.78, 5) is 11.0. The minimum absolute atomic E-state index is 0.862. The van der Waals surface area contributed by atoms with Crippen molar-refractivity contribution in [3.8, 4) is 11.3 Å². The highest BCUT2D eigenvalue weighted by molar-refractivity contribution is 5.66. The fourth-order valence-corrected chi connectivity index (χ4v) is 2.44. The summed E-state index contributed by atoms with van der Waals surface area (Å²) in [6.07, 6.45) is 2.67. The SMILES string of the molecule is CN(C)c1ccc(-c2ncnc3c2CNCC3)cc1. The van der Waals surface area contributed by atoms with Gasteiger partial charge in [0.15, 0.2) is 0 Å². The van der Waals surface area contributed by atoms with Gasteiger partial charge in [-0.2, -0.15) is 0 Å². The fourth-order valence-electron chi connectivity index (χ4n) is 2.44. The van der Waals surface area contributed by atoms with E-state index < -0.39 is 0 Å². The van der Waals surface area contributed by atoms with Gasteiger partial charge in [0.1, 0.15) is 6.33 Å². The van der Waals surface area contributed by atoms with Gasteiger partial charge in [0, 0.05) is 50.4 Å². The molecule has 0 amide bonds. The van der Waals surface area contributed by atoms with E-state index in [1.54, 1.807) is 6.33 Å². The van der Waals surface area contributed by atoms with E-state index in [4.69, 9.17) is 0 Å². The fraction of sp³-hybridized carbons (Fsp3) is 0.333. The van der Waals surface area contributed by atoms with Gasteiger partial charge in [0.05, 0.1) is 11.4 Å². The highest BCUT2D eigenvalue weighted by Crippen LogP contribution is 2.26. The van der Waals surface area contributed by atoms with Crippen molar-refractivity contribution >= 4 is 5.69 Å². The molecule has 0 atom stereocenters.